The van der Waals surface area contributed by atoms with E-state index in [1.165, 1.54) is 63.5 Å². The van der Waals surface area contributed by atoms with Crippen molar-refractivity contribution in [1.29, 1.82) is 0 Å². The van der Waals surface area contributed by atoms with Crippen molar-refractivity contribution in [3.63, 3.8) is 0 Å². The summed E-state index contributed by atoms with van der Waals surface area (Å²) in [6, 6.07) is 26.7. The van der Waals surface area contributed by atoms with Crippen LogP contribution in [0.15, 0.2) is 72.8 Å². The molecular weight excluding hydrogens is 334 g/mol. The monoisotopic (exact) mass is 347 g/mol. The highest BCUT2D eigenvalue weighted by Gasteiger charge is 2.18. The summed E-state index contributed by atoms with van der Waals surface area (Å²) in [6.07, 6.45) is 0. The Bertz CT molecular complexity index is 1510. The molecule has 120 valence electrons. The maximum atomic E-state index is 3.66. The molecular formula is C24H13NS. The molecule has 1 nitrogen and oxygen atoms in total. The van der Waals surface area contributed by atoms with Gasteiger partial charge < -0.3 is 4.98 Å². The smallest absolute Gasteiger partial charge is 0.0472 e. The number of benzene rings is 4. The molecule has 0 saturated heterocycles. The molecule has 0 amide bonds. The highest BCUT2D eigenvalue weighted by molar-refractivity contribution is 7.26. The van der Waals surface area contributed by atoms with Crippen LogP contribution in [0.3, 0.4) is 0 Å². The van der Waals surface area contributed by atoms with Crippen LogP contribution in [0.2, 0.25) is 0 Å². The molecule has 0 saturated carbocycles. The first-order valence-electron chi connectivity index (χ1n) is 8.88. The van der Waals surface area contributed by atoms with E-state index < -0.39 is 0 Å². The van der Waals surface area contributed by atoms with Gasteiger partial charge in [0.05, 0.1) is 0 Å². The minimum absolute atomic E-state index is 1.22. The first-order chi connectivity index (χ1) is 12.9. The van der Waals surface area contributed by atoms with Gasteiger partial charge in [0.15, 0.2) is 0 Å². The van der Waals surface area contributed by atoms with Crippen LogP contribution in [0, 0.1) is 0 Å². The van der Waals surface area contributed by atoms with Crippen molar-refractivity contribution in [3.8, 4) is 0 Å². The van der Waals surface area contributed by atoms with Gasteiger partial charge in [-0.25, -0.2) is 0 Å². The second-order valence-corrected chi connectivity index (χ2v) is 8.12. The predicted octanol–water partition coefficient (Wildman–Crippen LogP) is 7.43. The Morgan fingerprint density at radius 2 is 1.12 bits per heavy atom. The van der Waals surface area contributed by atoms with Crippen LogP contribution in [0.4, 0.5) is 0 Å². The molecule has 0 aliphatic heterocycles. The summed E-state index contributed by atoms with van der Waals surface area (Å²) in [4.78, 5) is 3.66. The Labute approximate surface area is 152 Å². The van der Waals surface area contributed by atoms with E-state index in [0.29, 0.717) is 0 Å². The van der Waals surface area contributed by atoms with E-state index >= 15 is 0 Å². The lowest BCUT2D eigenvalue weighted by Crippen LogP contribution is -1.80. The number of thiophene rings is 1. The van der Waals surface area contributed by atoms with Crippen molar-refractivity contribution in [2.75, 3.05) is 0 Å². The topological polar surface area (TPSA) is 15.8 Å². The quantitative estimate of drug-likeness (QED) is 0.293. The molecule has 0 aliphatic rings. The first kappa shape index (κ1) is 13.2. The van der Waals surface area contributed by atoms with E-state index in [0.717, 1.165) is 0 Å². The van der Waals surface area contributed by atoms with Gasteiger partial charge in [0.1, 0.15) is 0 Å². The molecule has 0 spiro atoms. The van der Waals surface area contributed by atoms with Crippen LogP contribution in [0.5, 0.6) is 0 Å². The normalized spacial score (nSPS) is 12.6. The van der Waals surface area contributed by atoms with Gasteiger partial charge in [-0.05, 0) is 45.8 Å². The number of fused-ring (bicyclic) bond motifs is 3. The minimum Gasteiger partial charge on any atom is -0.354 e. The molecule has 2 aromatic heterocycles. The predicted molar refractivity (Wildman–Crippen MR) is 115 cm³/mol. The molecule has 5 aromatic carbocycles. The van der Waals surface area contributed by atoms with Gasteiger partial charge in [0, 0.05) is 42.0 Å². The second kappa shape index (κ2) is 4.35. The molecule has 0 atom stereocenters. The van der Waals surface area contributed by atoms with E-state index in [9.17, 15) is 0 Å². The zero-order valence-electron chi connectivity index (χ0n) is 13.8. The fraction of sp³-hybridized carbons (Fsp3) is 0. The van der Waals surface area contributed by atoms with Gasteiger partial charge in [-0.15, -0.1) is 11.3 Å². The number of hydrogen-bond acceptors (Lipinski definition) is 1. The third-order valence-electron chi connectivity index (χ3n) is 5.75. The third kappa shape index (κ3) is 1.40. The number of aromatic nitrogens is 1. The summed E-state index contributed by atoms with van der Waals surface area (Å²) in [7, 11) is 0. The van der Waals surface area contributed by atoms with Crippen LogP contribution in [-0.2, 0) is 0 Å². The molecule has 2 heteroatoms. The second-order valence-electron chi connectivity index (χ2n) is 7.04. The summed E-state index contributed by atoms with van der Waals surface area (Å²) < 4.78 is 2.74. The van der Waals surface area contributed by atoms with Gasteiger partial charge in [-0.1, -0.05) is 48.5 Å². The average molecular weight is 347 g/mol. The number of nitrogens with one attached hydrogen (secondary N) is 1. The summed E-state index contributed by atoms with van der Waals surface area (Å²) in [5.41, 5.74) is 2.45. The Morgan fingerprint density at radius 3 is 1.96 bits per heavy atom. The van der Waals surface area contributed by atoms with E-state index in [-0.39, 0.29) is 0 Å². The number of hydrogen-bond donors (Lipinski definition) is 1. The highest BCUT2D eigenvalue weighted by atomic mass is 32.1. The molecule has 0 fully saturated rings. The molecule has 0 radical (unpaired) electrons. The van der Waals surface area contributed by atoms with Crippen LogP contribution in [-0.4, -0.2) is 4.98 Å². The highest BCUT2D eigenvalue weighted by Crippen LogP contribution is 2.46. The lowest BCUT2D eigenvalue weighted by molar-refractivity contribution is 1.56. The van der Waals surface area contributed by atoms with Crippen molar-refractivity contribution in [2.45, 2.75) is 0 Å². The zero-order valence-corrected chi connectivity index (χ0v) is 14.7. The zero-order chi connectivity index (χ0) is 16.8. The largest absolute Gasteiger partial charge is 0.354 e. The van der Waals surface area contributed by atoms with E-state index in [1.54, 1.807) is 0 Å². The summed E-state index contributed by atoms with van der Waals surface area (Å²) in [6.45, 7) is 0. The Hall–Kier alpha value is -3.10. The molecule has 7 aromatic rings. The van der Waals surface area contributed by atoms with Crippen LogP contribution < -0.4 is 0 Å². The van der Waals surface area contributed by atoms with Crippen molar-refractivity contribution in [2.24, 2.45) is 0 Å². The van der Waals surface area contributed by atoms with E-state index in [4.69, 9.17) is 0 Å². The number of rotatable bonds is 0. The van der Waals surface area contributed by atoms with Crippen molar-refractivity contribution >= 4 is 74.9 Å². The maximum Gasteiger partial charge on any atom is 0.0472 e. The lowest BCUT2D eigenvalue weighted by atomic mass is 9.95. The molecule has 1 N–H and O–H groups in total. The van der Waals surface area contributed by atoms with Crippen LogP contribution in [0.1, 0.15) is 0 Å². The lowest BCUT2D eigenvalue weighted by Gasteiger charge is -2.07. The van der Waals surface area contributed by atoms with Gasteiger partial charge >= 0.3 is 0 Å². The first-order valence-corrected chi connectivity index (χ1v) is 9.70. The fourth-order valence-electron chi connectivity index (χ4n) is 4.75. The van der Waals surface area contributed by atoms with Gasteiger partial charge in [0.25, 0.3) is 0 Å². The molecule has 7 rings (SSSR count). The van der Waals surface area contributed by atoms with Crippen LogP contribution >= 0.6 is 11.3 Å². The Balaban J connectivity index is 2.08. The van der Waals surface area contributed by atoms with Gasteiger partial charge in [0.2, 0.25) is 0 Å². The fourth-order valence-corrected chi connectivity index (χ4v) is 5.89. The van der Waals surface area contributed by atoms with Gasteiger partial charge in [-0.2, -0.15) is 0 Å². The van der Waals surface area contributed by atoms with E-state index in [2.05, 4.69) is 77.8 Å². The standard InChI is InChI=1S/C24H13NS/c1-2-6-14-13(5-1)15-7-3-9-17-21(15)23-18(25-17)11-12-20-24(23)22-16(14)8-4-10-19(22)26-20/h1-12,25H. The average Bonchev–Trinajstić information content (AvgIpc) is 3.24. The SMILES string of the molecule is c1ccc2c(c1)c1cccc3[nH]c4ccc5sc6cccc2c6c5c4c31. The van der Waals surface area contributed by atoms with E-state index in [1.807, 2.05) is 11.3 Å². The molecule has 0 bridgehead atoms. The molecule has 2 heterocycles. The number of H-pyrrole nitrogens is 1. The number of aromatic amines is 1. The Kier molecular flexibility index (Phi) is 2.20. The Morgan fingerprint density at radius 1 is 0.462 bits per heavy atom. The van der Waals surface area contributed by atoms with Crippen molar-refractivity contribution in [3.05, 3.63) is 72.8 Å². The molecule has 0 aliphatic carbocycles. The summed E-state index contributed by atoms with van der Waals surface area (Å²) in [5.74, 6) is 0. The molecule has 0 unspecified atom stereocenters. The van der Waals surface area contributed by atoms with Crippen LogP contribution in [0.25, 0.3) is 63.5 Å². The minimum atomic E-state index is 1.22. The van der Waals surface area contributed by atoms with Crippen molar-refractivity contribution in [1.82, 2.24) is 4.98 Å². The maximum absolute atomic E-state index is 3.66. The van der Waals surface area contributed by atoms with Crippen molar-refractivity contribution < 1.29 is 0 Å². The van der Waals surface area contributed by atoms with Gasteiger partial charge in [-0.3, -0.25) is 0 Å². The molecule has 26 heavy (non-hydrogen) atoms. The third-order valence-corrected chi connectivity index (χ3v) is 6.87. The summed E-state index contributed by atoms with van der Waals surface area (Å²) >= 11 is 1.90. The summed E-state index contributed by atoms with van der Waals surface area (Å²) in [5, 5.41) is 10.9.